The molecule has 1 aromatic carbocycles. The number of hydrogen-bond donors (Lipinski definition) is 1. The fourth-order valence-electron chi connectivity index (χ4n) is 2.59. The maximum absolute atomic E-state index is 6.02. The summed E-state index contributed by atoms with van der Waals surface area (Å²) in [4.78, 5) is 3.89. The van der Waals surface area contributed by atoms with Gasteiger partial charge in [0.05, 0.1) is 0 Å². The summed E-state index contributed by atoms with van der Waals surface area (Å²) in [5.74, 6) is 2.30. The smallest absolute Gasteiger partial charge is 0.0426 e. The third kappa shape index (κ3) is 3.23. The molecule has 1 heterocycles. The van der Waals surface area contributed by atoms with Crippen molar-refractivity contribution in [2.45, 2.75) is 43.5 Å². The molecule has 0 amide bonds. The second-order valence-electron chi connectivity index (χ2n) is 4.90. The first-order chi connectivity index (χ1) is 9.19. The van der Waals surface area contributed by atoms with Gasteiger partial charge in [-0.1, -0.05) is 19.9 Å². The van der Waals surface area contributed by atoms with Crippen LogP contribution in [0.15, 0.2) is 23.1 Å². The number of nitrogens with two attached hydrogens (primary N) is 1. The van der Waals surface area contributed by atoms with Crippen LogP contribution in [0, 0.1) is 0 Å². The highest BCUT2D eigenvalue weighted by Crippen LogP contribution is 2.35. The van der Waals surface area contributed by atoms with E-state index in [0.717, 1.165) is 12.3 Å². The standard InChI is InChI=1S/C15H24N2S2/c1-4-18-15-7-5-6-14(13(15)10-16)17-8-9-19-12(3)11(17)2/h5-7,11-12H,4,8-10,16H2,1-3H3. The fourth-order valence-corrected chi connectivity index (χ4v) is 4.54. The molecule has 19 heavy (non-hydrogen) atoms. The Morgan fingerprint density at radius 3 is 2.89 bits per heavy atom. The second-order valence-corrected chi connectivity index (χ2v) is 7.69. The lowest BCUT2D eigenvalue weighted by atomic mass is 10.1. The van der Waals surface area contributed by atoms with E-state index in [2.05, 4.69) is 55.6 Å². The zero-order valence-electron chi connectivity index (χ0n) is 12.1. The molecule has 2 rings (SSSR count). The predicted molar refractivity (Wildman–Crippen MR) is 89.5 cm³/mol. The highest BCUT2D eigenvalue weighted by Gasteiger charge is 2.27. The van der Waals surface area contributed by atoms with Gasteiger partial charge in [-0.15, -0.1) is 11.8 Å². The highest BCUT2D eigenvalue weighted by molar-refractivity contribution is 8.00. The van der Waals surface area contributed by atoms with Gasteiger partial charge in [0.15, 0.2) is 0 Å². The van der Waals surface area contributed by atoms with E-state index in [1.165, 1.54) is 21.9 Å². The van der Waals surface area contributed by atoms with Crippen LogP contribution >= 0.6 is 23.5 Å². The molecule has 2 N–H and O–H groups in total. The maximum atomic E-state index is 6.02. The van der Waals surface area contributed by atoms with Crippen molar-refractivity contribution >= 4 is 29.2 Å². The van der Waals surface area contributed by atoms with Crippen molar-refractivity contribution in [3.8, 4) is 0 Å². The van der Waals surface area contributed by atoms with Crippen LogP contribution in [0.1, 0.15) is 26.3 Å². The summed E-state index contributed by atoms with van der Waals surface area (Å²) in [6.45, 7) is 8.61. The van der Waals surface area contributed by atoms with Crippen LogP contribution in [0.2, 0.25) is 0 Å². The average molecular weight is 297 g/mol. The number of benzene rings is 1. The highest BCUT2D eigenvalue weighted by atomic mass is 32.2. The molecule has 1 saturated heterocycles. The largest absolute Gasteiger partial charge is 0.367 e. The first kappa shape index (κ1) is 15.1. The predicted octanol–water partition coefficient (Wildman–Crippen LogP) is 3.59. The van der Waals surface area contributed by atoms with E-state index in [1.54, 1.807) is 0 Å². The van der Waals surface area contributed by atoms with Gasteiger partial charge in [0.25, 0.3) is 0 Å². The summed E-state index contributed by atoms with van der Waals surface area (Å²) >= 11 is 3.97. The minimum absolute atomic E-state index is 0.575. The van der Waals surface area contributed by atoms with Gasteiger partial charge in [0.1, 0.15) is 0 Å². The van der Waals surface area contributed by atoms with Gasteiger partial charge >= 0.3 is 0 Å². The lowest BCUT2D eigenvalue weighted by molar-refractivity contribution is 0.624. The molecule has 1 fully saturated rings. The third-order valence-corrected chi connectivity index (χ3v) is 6.13. The van der Waals surface area contributed by atoms with Crippen LogP contribution in [-0.4, -0.2) is 29.3 Å². The van der Waals surface area contributed by atoms with Gasteiger partial charge < -0.3 is 10.6 Å². The first-order valence-electron chi connectivity index (χ1n) is 7.02. The average Bonchev–Trinajstić information content (AvgIpc) is 2.42. The summed E-state index contributed by atoms with van der Waals surface area (Å²) in [7, 11) is 0. The molecule has 1 aliphatic heterocycles. The maximum Gasteiger partial charge on any atom is 0.0426 e. The molecule has 1 aliphatic rings. The molecular weight excluding hydrogens is 272 g/mol. The van der Waals surface area contributed by atoms with E-state index in [4.69, 9.17) is 5.73 Å². The number of anilines is 1. The van der Waals surface area contributed by atoms with Gasteiger partial charge in [-0.2, -0.15) is 11.8 Å². The molecule has 2 unspecified atom stereocenters. The Kier molecular flexibility index (Phi) is 5.48. The van der Waals surface area contributed by atoms with E-state index < -0.39 is 0 Å². The van der Waals surface area contributed by atoms with Gasteiger partial charge in [0.2, 0.25) is 0 Å². The van der Waals surface area contributed by atoms with Gasteiger partial charge in [-0.05, 0) is 24.8 Å². The van der Waals surface area contributed by atoms with Crippen LogP contribution in [0.25, 0.3) is 0 Å². The molecule has 106 valence electrons. The number of hydrogen-bond acceptors (Lipinski definition) is 4. The SMILES string of the molecule is CCSc1cccc(N2CCSC(C)C2C)c1CN. The summed E-state index contributed by atoms with van der Waals surface area (Å²) < 4.78 is 0. The molecular formula is C15H24N2S2. The topological polar surface area (TPSA) is 29.3 Å². The quantitative estimate of drug-likeness (QED) is 0.860. The van der Waals surface area contributed by atoms with E-state index in [9.17, 15) is 0 Å². The third-order valence-electron chi connectivity index (χ3n) is 3.81. The van der Waals surface area contributed by atoms with Crippen LogP contribution in [0.5, 0.6) is 0 Å². The summed E-state index contributed by atoms with van der Waals surface area (Å²) in [5, 5.41) is 0.682. The molecule has 0 bridgehead atoms. The molecule has 0 saturated carbocycles. The summed E-state index contributed by atoms with van der Waals surface area (Å²) in [6.07, 6.45) is 0. The Morgan fingerprint density at radius 1 is 1.42 bits per heavy atom. The zero-order valence-corrected chi connectivity index (χ0v) is 13.7. The lowest BCUT2D eigenvalue weighted by Gasteiger charge is -2.40. The monoisotopic (exact) mass is 296 g/mol. The number of nitrogens with zero attached hydrogens (tertiary/aromatic N) is 1. The minimum atomic E-state index is 0.575. The normalized spacial score (nSPS) is 23.7. The Balaban J connectivity index is 2.35. The van der Waals surface area contributed by atoms with Crippen LogP contribution in [0.3, 0.4) is 0 Å². The van der Waals surface area contributed by atoms with E-state index in [1.807, 2.05) is 11.8 Å². The van der Waals surface area contributed by atoms with Gasteiger partial charge in [0, 0.05) is 46.3 Å². The van der Waals surface area contributed by atoms with Gasteiger partial charge in [-0.3, -0.25) is 0 Å². The molecule has 0 aromatic heterocycles. The second kappa shape index (κ2) is 6.91. The summed E-state index contributed by atoms with van der Waals surface area (Å²) in [6, 6.07) is 7.19. The van der Waals surface area contributed by atoms with Crippen LogP contribution in [0.4, 0.5) is 5.69 Å². The molecule has 2 nitrogen and oxygen atoms in total. The zero-order chi connectivity index (χ0) is 13.8. The van der Waals surface area contributed by atoms with E-state index in [-0.39, 0.29) is 0 Å². The van der Waals surface area contributed by atoms with Crippen LogP contribution in [-0.2, 0) is 6.54 Å². The van der Waals surface area contributed by atoms with Crippen molar-refractivity contribution in [1.82, 2.24) is 0 Å². The minimum Gasteiger partial charge on any atom is -0.367 e. The van der Waals surface area contributed by atoms with Crippen molar-refractivity contribution in [3.63, 3.8) is 0 Å². The number of thioether (sulfide) groups is 2. The van der Waals surface area contributed by atoms with Crippen molar-refractivity contribution in [1.29, 1.82) is 0 Å². The fraction of sp³-hybridized carbons (Fsp3) is 0.600. The molecule has 1 aromatic rings. The Bertz CT molecular complexity index is 423. The van der Waals surface area contributed by atoms with Crippen molar-refractivity contribution in [3.05, 3.63) is 23.8 Å². The molecule has 4 heteroatoms. The van der Waals surface area contributed by atoms with Crippen molar-refractivity contribution < 1.29 is 0 Å². The van der Waals surface area contributed by atoms with Crippen LogP contribution < -0.4 is 10.6 Å². The molecule has 0 aliphatic carbocycles. The van der Waals surface area contributed by atoms with E-state index in [0.29, 0.717) is 17.8 Å². The Morgan fingerprint density at radius 2 is 2.21 bits per heavy atom. The molecule has 0 spiro atoms. The Hall–Kier alpha value is -0.320. The number of rotatable bonds is 4. The summed E-state index contributed by atoms with van der Waals surface area (Å²) in [5.41, 5.74) is 8.69. The van der Waals surface area contributed by atoms with Gasteiger partial charge in [-0.25, -0.2) is 0 Å². The molecule has 2 atom stereocenters. The first-order valence-corrected chi connectivity index (χ1v) is 9.05. The lowest BCUT2D eigenvalue weighted by Crippen LogP contribution is -2.45. The Labute approximate surface area is 125 Å². The molecule has 0 radical (unpaired) electrons. The van der Waals surface area contributed by atoms with Crippen molar-refractivity contribution in [2.75, 3.05) is 23.0 Å². The van der Waals surface area contributed by atoms with Crippen molar-refractivity contribution in [2.24, 2.45) is 5.73 Å². The van der Waals surface area contributed by atoms with E-state index >= 15 is 0 Å².